The molecule has 1 heterocycles. The van der Waals surface area contributed by atoms with Gasteiger partial charge in [0.1, 0.15) is 0 Å². The molecule has 0 saturated carbocycles. The van der Waals surface area contributed by atoms with Gasteiger partial charge in [-0.2, -0.15) is 4.31 Å². The average Bonchev–Trinajstić information content (AvgIpc) is 2.81. The van der Waals surface area contributed by atoms with Crippen molar-refractivity contribution < 1.29 is 22.7 Å². The summed E-state index contributed by atoms with van der Waals surface area (Å²) < 4.78 is 38.1. The number of piperidine rings is 1. The second kappa shape index (κ2) is 10.9. The van der Waals surface area contributed by atoms with E-state index in [0.717, 1.165) is 24.8 Å². The molecule has 2 aromatic carbocycles. The lowest BCUT2D eigenvalue weighted by Gasteiger charge is -2.30. The number of carbonyl (C=O) groups is 1. The Labute approximate surface area is 190 Å². The highest BCUT2D eigenvalue weighted by molar-refractivity contribution is 7.89. The van der Waals surface area contributed by atoms with Gasteiger partial charge in [-0.1, -0.05) is 25.1 Å². The van der Waals surface area contributed by atoms with Gasteiger partial charge in [0.15, 0.2) is 17.3 Å². The molecule has 7 nitrogen and oxygen atoms in total. The molecule has 1 N–H and O–H groups in total. The van der Waals surface area contributed by atoms with Gasteiger partial charge < -0.3 is 14.8 Å². The molecule has 0 spiro atoms. The van der Waals surface area contributed by atoms with Crippen LogP contribution in [-0.2, 0) is 16.4 Å². The lowest BCUT2D eigenvalue weighted by Crippen LogP contribution is -2.39. The van der Waals surface area contributed by atoms with Crippen LogP contribution in [-0.4, -0.2) is 58.9 Å². The number of Topliss-reactive ketones (excluding diaryl/α,β-unsaturated/α-hetero) is 1. The van der Waals surface area contributed by atoms with Crippen LogP contribution in [0.4, 0.5) is 0 Å². The van der Waals surface area contributed by atoms with E-state index < -0.39 is 10.0 Å². The van der Waals surface area contributed by atoms with Gasteiger partial charge in [0.2, 0.25) is 10.0 Å². The molecule has 1 aliphatic heterocycles. The van der Waals surface area contributed by atoms with Crippen molar-refractivity contribution >= 4 is 15.8 Å². The molecule has 0 amide bonds. The largest absolute Gasteiger partial charge is 0.493 e. The Balaban J connectivity index is 1.57. The van der Waals surface area contributed by atoms with E-state index >= 15 is 0 Å². The molecular weight excluding hydrogens is 428 g/mol. The standard InChI is InChI=1S/C24H32N2O5S/c1-18-6-5-13-26(17-18)32(28,29)21-8-4-7-20(15-21)22(27)16-25-12-11-19-9-10-23(30-2)24(14-19)31-3/h4,7-10,14-15,18,25H,5-6,11-13,16-17H2,1-3H3. The molecule has 1 saturated heterocycles. The summed E-state index contributed by atoms with van der Waals surface area (Å²) >= 11 is 0. The molecule has 0 bridgehead atoms. The van der Waals surface area contributed by atoms with E-state index in [9.17, 15) is 13.2 Å². The maximum Gasteiger partial charge on any atom is 0.243 e. The van der Waals surface area contributed by atoms with Crippen molar-refractivity contribution in [1.29, 1.82) is 0 Å². The topological polar surface area (TPSA) is 84.9 Å². The maximum absolute atomic E-state index is 13.0. The highest BCUT2D eigenvalue weighted by Crippen LogP contribution is 2.27. The Bertz CT molecular complexity index is 1040. The van der Waals surface area contributed by atoms with Crippen molar-refractivity contribution in [3.05, 3.63) is 53.6 Å². The fourth-order valence-electron chi connectivity index (χ4n) is 3.92. The van der Waals surface area contributed by atoms with Crippen molar-refractivity contribution in [3.8, 4) is 11.5 Å². The number of rotatable bonds is 10. The SMILES string of the molecule is COc1ccc(CCNCC(=O)c2cccc(S(=O)(=O)N3CCCC(C)C3)c2)cc1OC. The van der Waals surface area contributed by atoms with Gasteiger partial charge >= 0.3 is 0 Å². The van der Waals surface area contributed by atoms with Crippen LogP contribution in [0.2, 0.25) is 0 Å². The smallest absolute Gasteiger partial charge is 0.243 e. The summed E-state index contributed by atoms with van der Waals surface area (Å²) in [6, 6.07) is 12.1. The van der Waals surface area contributed by atoms with E-state index in [-0.39, 0.29) is 17.2 Å². The molecule has 3 rings (SSSR count). The third-order valence-corrected chi connectivity index (χ3v) is 7.60. The second-order valence-electron chi connectivity index (χ2n) is 8.18. The number of nitrogens with zero attached hydrogens (tertiary/aromatic N) is 1. The van der Waals surface area contributed by atoms with Crippen molar-refractivity contribution in [1.82, 2.24) is 9.62 Å². The first-order valence-corrected chi connectivity index (χ1v) is 12.3. The van der Waals surface area contributed by atoms with Crippen LogP contribution in [0, 0.1) is 5.92 Å². The predicted octanol–water partition coefficient (Wildman–Crippen LogP) is 3.14. The van der Waals surface area contributed by atoms with Crippen LogP contribution in [0.1, 0.15) is 35.7 Å². The number of carbonyl (C=O) groups excluding carboxylic acids is 1. The molecule has 0 radical (unpaired) electrons. The number of nitrogens with one attached hydrogen (secondary N) is 1. The number of methoxy groups -OCH3 is 2. The first kappa shape index (κ1) is 24.2. The minimum Gasteiger partial charge on any atom is -0.493 e. The number of hydrogen-bond donors (Lipinski definition) is 1. The van der Waals surface area contributed by atoms with Gasteiger partial charge in [0, 0.05) is 18.7 Å². The zero-order chi connectivity index (χ0) is 23.1. The van der Waals surface area contributed by atoms with Crippen LogP contribution in [0.3, 0.4) is 0 Å². The Hall–Kier alpha value is -2.42. The first-order chi connectivity index (χ1) is 15.3. The molecule has 32 heavy (non-hydrogen) atoms. The van der Waals surface area contributed by atoms with E-state index in [1.165, 1.54) is 10.4 Å². The molecule has 8 heteroatoms. The summed E-state index contributed by atoms with van der Waals surface area (Å²) in [6.07, 6.45) is 2.62. The van der Waals surface area contributed by atoms with E-state index in [0.29, 0.717) is 42.6 Å². The van der Waals surface area contributed by atoms with Crippen LogP contribution < -0.4 is 14.8 Å². The van der Waals surface area contributed by atoms with Gasteiger partial charge in [-0.15, -0.1) is 0 Å². The minimum atomic E-state index is -3.59. The number of benzene rings is 2. The summed E-state index contributed by atoms with van der Waals surface area (Å²) in [5.41, 5.74) is 1.46. The number of hydrogen-bond acceptors (Lipinski definition) is 6. The zero-order valence-electron chi connectivity index (χ0n) is 19.0. The van der Waals surface area contributed by atoms with E-state index in [1.807, 2.05) is 18.2 Å². The zero-order valence-corrected chi connectivity index (χ0v) is 19.8. The molecule has 1 unspecified atom stereocenters. The first-order valence-electron chi connectivity index (χ1n) is 10.9. The fourth-order valence-corrected chi connectivity index (χ4v) is 5.56. The molecule has 0 aliphatic carbocycles. The molecule has 1 aliphatic rings. The highest BCUT2D eigenvalue weighted by Gasteiger charge is 2.29. The maximum atomic E-state index is 13.0. The molecule has 0 aromatic heterocycles. The van der Waals surface area contributed by atoms with E-state index in [1.54, 1.807) is 32.4 Å². The van der Waals surface area contributed by atoms with Gasteiger partial charge in [-0.3, -0.25) is 4.79 Å². The van der Waals surface area contributed by atoms with Gasteiger partial charge in [0.05, 0.1) is 25.7 Å². The quantitative estimate of drug-likeness (QED) is 0.433. The second-order valence-corrected chi connectivity index (χ2v) is 10.1. The van der Waals surface area contributed by atoms with Crippen LogP contribution in [0.25, 0.3) is 0 Å². The van der Waals surface area contributed by atoms with Crippen LogP contribution in [0.5, 0.6) is 11.5 Å². The fraction of sp³-hybridized carbons (Fsp3) is 0.458. The van der Waals surface area contributed by atoms with Crippen LogP contribution in [0.15, 0.2) is 47.4 Å². The molecule has 2 aromatic rings. The van der Waals surface area contributed by atoms with Crippen molar-refractivity contribution in [2.75, 3.05) is 40.4 Å². The summed E-state index contributed by atoms with van der Waals surface area (Å²) in [6.45, 7) is 3.86. The monoisotopic (exact) mass is 460 g/mol. The van der Waals surface area contributed by atoms with Gasteiger partial charge in [0.25, 0.3) is 0 Å². The Morgan fingerprint density at radius 1 is 1.12 bits per heavy atom. The summed E-state index contributed by atoms with van der Waals surface area (Å²) in [4.78, 5) is 12.8. The lowest BCUT2D eigenvalue weighted by atomic mass is 10.0. The third kappa shape index (κ3) is 5.88. The predicted molar refractivity (Wildman–Crippen MR) is 124 cm³/mol. The summed E-state index contributed by atoms with van der Waals surface area (Å²) in [7, 11) is -0.395. The summed E-state index contributed by atoms with van der Waals surface area (Å²) in [5, 5.41) is 3.14. The van der Waals surface area contributed by atoms with Crippen LogP contribution >= 0.6 is 0 Å². The number of sulfonamides is 1. The van der Waals surface area contributed by atoms with Gasteiger partial charge in [-0.25, -0.2) is 8.42 Å². The molecule has 1 atom stereocenters. The Morgan fingerprint density at radius 3 is 2.62 bits per heavy atom. The number of ketones is 1. The number of ether oxygens (including phenoxy) is 2. The lowest BCUT2D eigenvalue weighted by molar-refractivity contribution is 0.0991. The van der Waals surface area contributed by atoms with E-state index in [4.69, 9.17) is 9.47 Å². The Kier molecular flexibility index (Phi) is 8.28. The average molecular weight is 461 g/mol. The Morgan fingerprint density at radius 2 is 1.91 bits per heavy atom. The third-order valence-electron chi connectivity index (χ3n) is 5.74. The molecule has 1 fully saturated rings. The minimum absolute atomic E-state index is 0.136. The molecular formula is C24H32N2O5S. The van der Waals surface area contributed by atoms with Crippen molar-refractivity contribution in [3.63, 3.8) is 0 Å². The van der Waals surface area contributed by atoms with Crippen molar-refractivity contribution in [2.24, 2.45) is 5.92 Å². The summed E-state index contributed by atoms with van der Waals surface area (Å²) in [5.74, 6) is 1.55. The van der Waals surface area contributed by atoms with Gasteiger partial charge in [-0.05, 0) is 61.6 Å². The highest BCUT2D eigenvalue weighted by atomic mass is 32.2. The van der Waals surface area contributed by atoms with E-state index in [2.05, 4.69) is 12.2 Å². The normalized spacial score (nSPS) is 17.2. The van der Waals surface area contributed by atoms with Crippen molar-refractivity contribution in [2.45, 2.75) is 31.1 Å². The molecule has 174 valence electrons.